The summed E-state index contributed by atoms with van der Waals surface area (Å²) in [5.41, 5.74) is 4.24. The van der Waals surface area contributed by atoms with E-state index in [0.29, 0.717) is 5.82 Å². The number of nitrogens with zero attached hydrogens (tertiary/aromatic N) is 3. The normalized spacial score (nSPS) is 10.4. The number of H-pyrrole nitrogens is 1. The van der Waals surface area contributed by atoms with Crippen molar-refractivity contribution in [3.63, 3.8) is 0 Å². The van der Waals surface area contributed by atoms with Gasteiger partial charge in [-0.25, -0.2) is 0 Å². The number of nitrogens with one attached hydrogen (secondary N) is 2. The first-order valence-corrected chi connectivity index (χ1v) is 6.55. The van der Waals surface area contributed by atoms with Gasteiger partial charge in [0.2, 0.25) is 5.82 Å². The lowest BCUT2D eigenvalue weighted by Gasteiger charge is -2.10. The van der Waals surface area contributed by atoms with E-state index in [2.05, 4.69) is 57.1 Å². The molecule has 2 aromatic carbocycles. The van der Waals surface area contributed by atoms with E-state index >= 15 is 0 Å². The first-order valence-electron chi connectivity index (χ1n) is 6.55. The van der Waals surface area contributed by atoms with E-state index in [0.717, 1.165) is 23.4 Å². The molecule has 0 unspecified atom stereocenters. The number of anilines is 2. The maximum Gasteiger partial charge on any atom is 0.206 e. The second-order valence-electron chi connectivity index (χ2n) is 4.46. The highest BCUT2D eigenvalue weighted by Crippen LogP contribution is 2.27. The Kier molecular flexibility index (Phi) is 3.41. The molecule has 3 aromatic rings. The van der Waals surface area contributed by atoms with E-state index in [1.54, 1.807) is 0 Å². The third-order valence-corrected chi connectivity index (χ3v) is 3.15. The predicted octanol–water partition coefficient (Wildman–Crippen LogP) is 3.17. The number of hydrogen-bond acceptors (Lipinski definition) is 4. The third kappa shape index (κ3) is 2.51. The number of aromatic nitrogens is 4. The molecule has 0 atom stereocenters. The quantitative estimate of drug-likeness (QED) is 0.760. The molecule has 3 rings (SSSR count). The molecule has 0 aliphatic carbocycles. The lowest BCUT2D eigenvalue weighted by Crippen LogP contribution is -1.94. The summed E-state index contributed by atoms with van der Waals surface area (Å²) >= 11 is 0. The van der Waals surface area contributed by atoms with E-state index < -0.39 is 0 Å². The highest BCUT2D eigenvalue weighted by molar-refractivity contribution is 5.77. The number of benzene rings is 2. The summed E-state index contributed by atoms with van der Waals surface area (Å²) in [6, 6.07) is 16.3. The minimum absolute atomic E-state index is 0.582. The van der Waals surface area contributed by atoms with Crippen molar-refractivity contribution < 1.29 is 0 Å². The van der Waals surface area contributed by atoms with Crippen molar-refractivity contribution in [3.05, 3.63) is 54.1 Å². The first kappa shape index (κ1) is 12.3. The molecule has 20 heavy (non-hydrogen) atoms. The Balaban J connectivity index is 1.90. The summed E-state index contributed by atoms with van der Waals surface area (Å²) in [5, 5.41) is 17.5. The second-order valence-corrected chi connectivity index (χ2v) is 4.46. The van der Waals surface area contributed by atoms with Gasteiger partial charge in [-0.2, -0.15) is 5.21 Å². The number of para-hydroxylation sites is 1. The molecule has 0 bridgehead atoms. The molecule has 2 N–H and O–H groups in total. The zero-order valence-electron chi connectivity index (χ0n) is 11.2. The maximum atomic E-state index is 4.03. The molecule has 100 valence electrons. The minimum Gasteiger partial charge on any atom is -0.355 e. The van der Waals surface area contributed by atoms with Gasteiger partial charge in [0.1, 0.15) is 0 Å². The van der Waals surface area contributed by atoms with E-state index in [1.165, 1.54) is 5.56 Å². The molecular formula is C15H15N5. The Hall–Kier alpha value is -2.69. The smallest absolute Gasteiger partial charge is 0.206 e. The molecule has 0 amide bonds. The zero-order valence-corrected chi connectivity index (χ0v) is 11.2. The highest BCUT2D eigenvalue weighted by atomic mass is 15.5. The Morgan fingerprint density at radius 2 is 1.85 bits per heavy atom. The van der Waals surface area contributed by atoms with Crippen LogP contribution in [0, 0.1) is 0 Å². The topological polar surface area (TPSA) is 66.5 Å². The van der Waals surface area contributed by atoms with Gasteiger partial charge in [0.15, 0.2) is 0 Å². The lowest BCUT2D eigenvalue weighted by atomic mass is 10.1. The van der Waals surface area contributed by atoms with Crippen LogP contribution in [-0.2, 0) is 6.42 Å². The molecule has 1 aromatic heterocycles. The van der Waals surface area contributed by atoms with Crippen LogP contribution in [0.25, 0.3) is 11.4 Å². The van der Waals surface area contributed by atoms with Crippen molar-refractivity contribution in [1.82, 2.24) is 20.6 Å². The summed E-state index contributed by atoms with van der Waals surface area (Å²) in [6.07, 6.45) is 1.04. The number of aryl methyl sites for hydroxylation is 1. The maximum absolute atomic E-state index is 4.03. The molecule has 0 aliphatic heterocycles. The molecule has 0 aliphatic rings. The van der Waals surface area contributed by atoms with Crippen LogP contribution in [0.5, 0.6) is 0 Å². The number of rotatable bonds is 4. The summed E-state index contributed by atoms with van der Waals surface area (Å²) < 4.78 is 0. The van der Waals surface area contributed by atoms with E-state index in [-0.39, 0.29) is 0 Å². The van der Waals surface area contributed by atoms with Gasteiger partial charge in [0.05, 0.1) is 0 Å². The Morgan fingerprint density at radius 3 is 2.55 bits per heavy atom. The van der Waals surface area contributed by atoms with Gasteiger partial charge in [-0.05, 0) is 41.5 Å². The molecule has 0 saturated carbocycles. The average Bonchev–Trinajstić information content (AvgIpc) is 3.03. The summed E-state index contributed by atoms with van der Waals surface area (Å²) in [6.45, 7) is 2.15. The van der Waals surface area contributed by atoms with Crippen LogP contribution in [0.4, 0.5) is 11.4 Å². The lowest BCUT2D eigenvalue weighted by molar-refractivity contribution is 0.881. The monoisotopic (exact) mass is 265 g/mol. The van der Waals surface area contributed by atoms with Crippen molar-refractivity contribution in [2.24, 2.45) is 0 Å². The van der Waals surface area contributed by atoms with Crippen molar-refractivity contribution in [2.45, 2.75) is 13.3 Å². The average molecular weight is 265 g/mol. The molecule has 5 heteroatoms. The SMILES string of the molecule is CCc1ccc(Nc2ccccc2-c2nn[nH]n2)cc1. The van der Waals surface area contributed by atoms with Crippen LogP contribution >= 0.6 is 0 Å². The molecule has 5 nitrogen and oxygen atoms in total. The van der Waals surface area contributed by atoms with Crippen LogP contribution in [0.1, 0.15) is 12.5 Å². The van der Waals surface area contributed by atoms with Gasteiger partial charge in [0.25, 0.3) is 0 Å². The summed E-state index contributed by atoms with van der Waals surface area (Å²) in [5.74, 6) is 0.582. The molecular weight excluding hydrogens is 250 g/mol. The Bertz CT molecular complexity index is 674. The molecule has 0 saturated heterocycles. The van der Waals surface area contributed by atoms with Crippen molar-refractivity contribution in [2.75, 3.05) is 5.32 Å². The van der Waals surface area contributed by atoms with E-state index in [4.69, 9.17) is 0 Å². The van der Waals surface area contributed by atoms with Crippen molar-refractivity contribution >= 4 is 11.4 Å². The molecule has 0 spiro atoms. The summed E-state index contributed by atoms with van der Waals surface area (Å²) in [7, 11) is 0. The van der Waals surface area contributed by atoms with Crippen molar-refractivity contribution in [3.8, 4) is 11.4 Å². The minimum atomic E-state index is 0.582. The number of tetrazole rings is 1. The Labute approximate surface area is 117 Å². The number of aromatic amines is 1. The van der Waals surface area contributed by atoms with Gasteiger partial charge in [-0.1, -0.05) is 31.2 Å². The van der Waals surface area contributed by atoms with Gasteiger partial charge < -0.3 is 5.32 Å². The van der Waals surface area contributed by atoms with Crippen molar-refractivity contribution in [1.29, 1.82) is 0 Å². The first-order chi connectivity index (χ1) is 9.86. The Morgan fingerprint density at radius 1 is 1.05 bits per heavy atom. The van der Waals surface area contributed by atoms with Crippen LogP contribution < -0.4 is 5.32 Å². The van der Waals surface area contributed by atoms with E-state index in [9.17, 15) is 0 Å². The zero-order chi connectivity index (χ0) is 13.8. The fourth-order valence-electron chi connectivity index (χ4n) is 2.04. The molecule has 0 radical (unpaired) electrons. The van der Waals surface area contributed by atoms with Gasteiger partial charge in [-0.15, -0.1) is 10.2 Å². The fraction of sp³-hybridized carbons (Fsp3) is 0.133. The van der Waals surface area contributed by atoms with Crippen LogP contribution in [0.2, 0.25) is 0 Å². The van der Waals surface area contributed by atoms with Crippen LogP contribution in [0.15, 0.2) is 48.5 Å². The standard InChI is InChI=1S/C15H15N5/c1-2-11-7-9-12(10-8-11)16-14-6-4-3-5-13(14)15-17-19-20-18-15/h3-10,16H,2H2,1H3,(H,17,18,19,20). The van der Waals surface area contributed by atoms with Gasteiger partial charge in [0, 0.05) is 16.9 Å². The third-order valence-electron chi connectivity index (χ3n) is 3.15. The predicted molar refractivity (Wildman–Crippen MR) is 78.7 cm³/mol. The molecule has 1 heterocycles. The van der Waals surface area contributed by atoms with E-state index in [1.807, 2.05) is 24.3 Å². The second kappa shape index (κ2) is 5.52. The van der Waals surface area contributed by atoms with Gasteiger partial charge in [-0.3, -0.25) is 0 Å². The summed E-state index contributed by atoms with van der Waals surface area (Å²) in [4.78, 5) is 0. The molecule has 0 fully saturated rings. The highest BCUT2D eigenvalue weighted by Gasteiger charge is 2.08. The van der Waals surface area contributed by atoms with Crippen LogP contribution in [-0.4, -0.2) is 20.6 Å². The largest absolute Gasteiger partial charge is 0.355 e. The number of hydrogen-bond donors (Lipinski definition) is 2. The van der Waals surface area contributed by atoms with Gasteiger partial charge >= 0.3 is 0 Å². The fourth-order valence-corrected chi connectivity index (χ4v) is 2.04. The van der Waals surface area contributed by atoms with Crippen LogP contribution in [0.3, 0.4) is 0 Å².